The molecule has 0 aliphatic carbocycles. The number of aromatic nitrogens is 1. The van der Waals surface area contributed by atoms with Crippen LogP contribution in [0.2, 0.25) is 0 Å². The molecule has 25 heavy (non-hydrogen) atoms. The normalized spacial score (nSPS) is 28.6. The molecule has 0 amide bonds. The molecular weight excluding hydrogens is 308 g/mol. The minimum atomic E-state index is 0.278. The van der Waals surface area contributed by atoms with Crippen LogP contribution < -0.4 is 4.90 Å². The van der Waals surface area contributed by atoms with Crippen LogP contribution >= 0.6 is 0 Å². The van der Waals surface area contributed by atoms with E-state index in [4.69, 9.17) is 0 Å². The van der Waals surface area contributed by atoms with Crippen molar-refractivity contribution in [3.05, 3.63) is 65.4 Å². The quantitative estimate of drug-likeness (QED) is 0.800. The van der Waals surface area contributed by atoms with E-state index in [0.717, 1.165) is 25.5 Å². The molecule has 0 saturated carbocycles. The first kappa shape index (κ1) is 15.1. The number of hydrogen-bond acceptors (Lipinski definition) is 4. The smallest absolute Gasteiger partial charge is 0.137 e. The predicted octanol–water partition coefficient (Wildman–Crippen LogP) is 3.13. The van der Waals surface area contributed by atoms with Gasteiger partial charge in [0, 0.05) is 50.5 Å². The molecule has 3 aliphatic heterocycles. The number of anilines is 1. The van der Waals surface area contributed by atoms with Crippen molar-refractivity contribution in [3.63, 3.8) is 0 Å². The van der Waals surface area contributed by atoms with Crippen molar-refractivity contribution in [2.24, 2.45) is 0 Å². The number of pyridine rings is 1. The number of piperazine rings is 1. The number of fused-ring (bicyclic) bond motifs is 4. The average Bonchev–Trinajstić information content (AvgIpc) is 3.02. The van der Waals surface area contributed by atoms with Crippen LogP contribution in [-0.4, -0.2) is 47.1 Å². The fourth-order valence-corrected chi connectivity index (χ4v) is 4.76. The molecular formula is C21H24N4. The van der Waals surface area contributed by atoms with Crippen molar-refractivity contribution in [2.45, 2.75) is 31.7 Å². The SMILES string of the molecule is CC1CN(C2C=Cc3cccnc3N2C)CC2c3ccccc3CN12. The molecule has 4 heterocycles. The summed E-state index contributed by atoms with van der Waals surface area (Å²) in [7, 11) is 2.17. The van der Waals surface area contributed by atoms with Crippen molar-refractivity contribution in [1.29, 1.82) is 0 Å². The van der Waals surface area contributed by atoms with Gasteiger partial charge >= 0.3 is 0 Å². The monoisotopic (exact) mass is 332 g/mol. The average molecular weight is 332 g/mol. The van der Waals surface area contributed by atoms with Crippen LogP contribution in [0.5, 0.6) is 0 Å². The molecule has 0 radical (unpaired) electrons. The zero-order valence-corrected chi connectivity index (χ0v) is 14.8. The van der Waals surface area contributed by atoms with Crippen molar-refractivity contribution < 1.29 is 0 Å². The van der Waals surface area contributed by atoms with Crippen molar-refractivity contribution in [3.8, 4) is 0 Å². The molecule has 5 rings (SSSR count). The van der Waals surface area contributed by atoms with Crippen LogP contribution in [-0.2, 0) is 6.54 Å². The lowest BCUT2D eigenvalue weighted by Gasteiger charge is -2.48. The summed E-state index contributed by atoms with van der Waals surface area (Å²) in [6.07, 6.45) is 6.72. The van der Waals surface area contributed by atoms with Crippen LogP contribution in [0, 0.1) is 0 Å². The summed E-state index contributed by atoms with van der Waals surface area (Å²) in [4.78, 5) is 12.2. The number of hydrogen-bond donors (Lipinski definition) is 0. The first-order chi connectivity index (χ1) is 12.2. The topological polar surface area (TPSA) is 22.6 Å². The van der Waals surface area contributed by atoms with E-state index < -0.39 is 0 Å². The summed E-state index contributed by atoms with van der Waals surface area (Å²) in [6.45, 7) is 5.62. The molecule has 3 atom stereocenters. The minimum absolute atomic E-state index is 0.278. The Morgan fingerprint density at radius 1 is 1.08 bits per heavy atom. The molecule has 3 aliphatic rings. The molecule has 0 bridgehead atoms. The molecule has 1 saturated heterocycles. The third-order valence-electron chi connectivity index (χ3n) is 6.01. The zero-order chi connectivity index (χ0) is 17.0. The summed E-state index contributed by atoms with van der Waals surface area (Å²) in [5.41, 5.74) is 4.22. The lowest BCUT2D eigenvalue weighted by molar-refractivity contribution is 0.0246. The molecule has 0 spiro atoms. The Kier molecular flexibility index (Phi) is 3.43. The standard InChI is InChI=1S/C21H24N4/c1-15-12-24(14-19-18-8-4-3-6-17(18)13-25(15)19)20-10-9-16-7-5-11-22-21(16)23(20)2/h3-11,15,19-20H,12-14H2,1-2H3. The van der Waals surface area contributed by atoms with Crippen LogP contribution in [0.3, 0.4) is 0 Å². The Morgan fingerprint density at radius 3 is 2.88 bits per heavy atom. The molecule has 1 aromatic carbocycles. The second-order valence-electron chi connectivity index (χ2n) is 7.49. The highest BCUT2D eigenvalue weighted by Crippen LogP contribution is 2.40. The van der Waals surface area contributed by atoms with Crippen LogP contribution in [0.4, 0.5) is 5.82 Å². The van der Waals surface area contributed by atoms with Gasteiger partial charge in [-0.05, 0) is 36.3 Å². The number of nitrogens with zero attached hydrogens (tertiary/aromatic N) is 4. The van der Waals surface area contributed by atoms with Gasteiger partial charge in [0.2, 0.25) is 0 Å². The molecule has 3 unspecified atom stereocenters. The maximum absolute atomic E-state index is 4.60. The van der Waals surface area contributed by atoms with Crippen molar-refractivity contribution in [1.82, 2.24) is 14.8 Å². The van der Waals surface area contributed by atoms with Gasteiger partial charge in [-0.25, -0.2) is 4.98 Å². The predicted molar refractivity (Wildman–Crippen MR) is 101 cm³/mol. The maximum atomic E-state index is 4.60. The molecule has 4 nitrogen and oxygen atoms in total. The highest BCUT2D eigenvalue weighted by atomic mass is 15.4. The van der Waals surface area contributed by atoms with Gasteiger partial charge in [-0.3, -0.25) is 9.80 Å². The van der Waals surface area contributed by atoms with Crippen LogP contribution in [0.1, 0.15) is 29.7 Å². The van der Waals surface area contributed by atoms with Gasteiger partial charge in [0.1, 0.15) is 12.0 Å². The number of benzene rings is 1. The summed E-state index contributed by atoms with van der Waals surface area (Å²) in [5, 5.41) is 0. The van der Waals surface area contributed by atoms with Gasteiger partial charge < -0.3 is 4.90 Å². The van der Waals surface area contributed by atoms with Gasteiger partial charge in [-0.15, -0.1) is 0 Å². The lowest BCUT2D eigenvalue weighted by Crippen LogP contribution is -2.57. The Morgan fingerprint density at radius 2 is 1.96 bits per heavy atom. The molecule has 4 heteroatoms. The second kappa shape index (κ2) is 5.68. The van der Waals surface area contributed by atoms with Crippen molar-refractivity contribution >= 4 is 11.9 Å². The first-order valence-electron chi connectivity index (χ1n) is 9.16. The summed E-state index contributed by atoms with van der Waals surface area (Å²) >= 11 is 0. The summed E-state index contributed by atoms with van der Waals surface area (Å²) < 4.78 is 0. The number of likely N-dealkylation sites (N-methyl/N-ethyl adjacent to an activating group) is 1. The van der Waals surface area contributed by atoms with E-state index in [1.54, 1.807) is 0 Å². The zero-order valence-electron chi connectivity index (χ0n) is 14.8. The maximum Gasteiger partial charge on any atom is 0.137 e. The lowest BCUT2D eigenvalue weighted by atomic mass is 10.0. The molecule has 2 aromatic rings. The highest BCUT2D eigenvalue weighted by Gasteiger charge is 2.41. The fraction of sp³-hybridized carbons (Fsp3) is 0.381. The molecule has 0 N–H and O–H groups in total. The van der Waals surface area contributed by atoms with E-state index in [1.807, 2.05) is 12.3 Å². The Hall–Kier alpha value is -2.17. The Bertz CT molecular complexity index is 830. The van der Waals surface area contributed by atoms with Crippen LogP contribution in [0.15, 0.2) is 48.7 Å². The first-order valence-corrected chi connectivity index (χ1v) is 9.16. The van der Waals surface area contributed by atoms with E-state index in [2.05, 4.69) is 76.1 Å². The largest absolute Gasteiger partial charge is 0.340 e. The van der Waals surface area contributed by atoms with Gasteiger partial charge in [0.15, 0.2) is 0 Å². The van der Waals surface area contributed by atoms with E-state index >= 15 is 0 Å². The van der Waals surface area contributed by atoms with Gasteiger partial charge in [-0.1, -0.05) is 30.3 Å². The molecule has 128 valence electrons. The Labute approximate surface area is 149 Å². The van der Waals surface area contributed by atoms with Gasteiger partial charge in [-0.2, -0.15) is 0 Å². The third kappa shape index (κ3) is 2.32. The van der Waals surface area contributed by atoms with Gasteiger partial charge in [0.05, 0.1) is 0 Å². The van der Waals surface area contributed by atoms with E-state index in [1.165, 1.54) is 16.7 Å². The van der Waals surface area contributed by atoms with Crippen molar-refractivity contribution in [2.75, 3.05) is 25.0 Å². The minimum Gasteiger partial charge on any atom is -0.340 e. The molecule has 1 fully saturated rings. The third-order valence-corrected chi connectivity index (χ3v) is 6.01. The summed E-state index contributed by atoms with van der Waals surface area (Å²) in [6, 6.07) is 14.2. The fourth-order valence-electron chi connectivity index (χ4n) is 4.76. The van der Waals surface area contributed by atoms with Crippen LogP contribution in [0.25, 0.3) is 6.08 Å². The van der Waals surface area contributed by atoms with E-state index in [9.17, 15) is 0 Å². The van der Waals surface area contributed by atoms with E-state index in [0.29, 0.717) is 12.1 Å². The van der Waals surface area contributed by atoms with Gasteiger partial charge in [0.25, 0.3) is 0 Å². The second-order valence-corrected chi connectivity index (χ2v) is 7.49. The Balaban J connectivity index is 1.45. The number of rotatable bonds is 1. The summed E-state index contributed by atoms with van der Waals surface area (Å²) in [5.74, 6) is 1.08. The van der Waals surface area contributed by atoms with E-state index in [-0.39, 0.29) is 6.17 Å². The molecule has 1 aromatic heterocycles. The highest BCUT2D eigenvalue weighted by molar-refractivity contribution is 5.68.